The molecule has 21 heavy (non-hydrogen) atoms. The Morgan fingerprint density at radius 2 is 2.05 bits per heavy atom. The smallest absolute Gasteiger partial charge is 0.221 e. The van der Waals surface area contributed by atoms with Crippen molar-refractivity contribution in [2.24, 2.45) is 0 Å². The summed E-state index contributed by atoms with van der Waals surface area (Å²) in [6, 6.07) is 12.3. The molecule has 0 aliphatic rings. The molecule has 0 bridgehead atoms. The minimum Gasteiger partial charge on any atom is -0.469 e. The number of carbonyl (C=O) groups is 1. The maximum Gasteiger partial charge on any atom is 0.221 e. The summed E-state index contributed by atoms with van der Waals surface area (Å²) in [5, 5.41) is 6.35. The molecule has 0 aliphatic heterocycles. The third-order valence-electron chi connectivity index (χ3n) is 3.33. The fourth-order valence-electron chi connectivity index (χ4n) is 2.40. The number of anilines is 1. The molecule has 2 rings (SSSR count). The van der Waals surface area contributed by atoms with E-state index in [1.807, 2.05) is 30.3 Å². The van der Waals surface area contributed by atoms with Gasteiger partial charge in [0, 0.05) is 31.1 Å². The molecule has 1 aromatic heterocycles. The van der Waals surface area contributed by atoms with E-state index in [0.717, 1.165) is 23.4 Å². The molecule has 1 amide bonds. The summed E-state index contributed by atoms with van der Waals surface area (Å²) in [7, 11) is 0. The maximum absolute atomic E-state index is 11.1. The molecule has 1 aromatic carbocycles. The quantitative estimate of drug-likeness (QED) is 0.854. The normalized spacial score (nSPS) is 13.7. The standard InChI is InChI=1S/C17H22N2O2/c1-12(10-17-8-5-9-21-17)18-13(2)15-6-4-7-16(11-15)19-14(3)20/h4-9,11-13,18H,10H2,1-3H3,(H,19,20). The van der Waals surface area contributed by atoms with E-state index in [-0.39, 0.29) is 11.9 Å². The molecular weight excluding hydrogens is 264 g/mol. The average Bonchev–Trinajstić information content (AvgIpc) is 2.90. The summed E-state index contributed by atoms with van der Waals surface area (Å²) in [5.41, 5.74) is 1.97. The van der Waals surface area contributed by atoms with Crippen LogP contribution < -0.4 is 10.6 Å². The molecule has 4 nitrogen and oxygen atoms in total. The van der Waals surface area contributed by atoms with E-state index in [9.17, 15) is 4.79 Å². The van der Waals surface area contributed by atoms with Crippen molar-refractivity contribution in [2.75, 3.05) is 5.32 Å². The first-order valence-electron chi connectivity index (χ1n) is 7.20. The van der Waals surface area contributed by atoms with E-state index < -0.39 is 0 Å². The molecule has 0 saturated carbocycles. The highest BCUT2D eigenvalue weighted by molar-refractivity contribution is 5.88. The molecule has 2 N–H and O–H groups in total. The Hall–Kier alpha value is -2.07. The molecular formula is C17H22N2O2. The second kappa shape index (κ2) is 7.09. The van der Waals surface area contributed by atoms with Gasteiger partial charge in [0.2, 0.25) is 5.91 Å². The number of amides is 1. The first kappa shape index (κ1) is 15.3. The van der Waals surface area contributed by atoms with Crippen LogP contribution in [-0.4, -0.2) is 11.9 Å². The minimum atomic E-state index is -0.0565. The minimum absolute atomic E-state index is 0.0565. The van der Waals surface area contributed by atoms with Crippen molar-refractivity contribution in [1.29, 1.82) is 0 Å². The molecule has 2 aromatic rings. The van der Waals surface area contributed by atoms with E-state index in [1.54, 1.807) is 6.26 Å². The Morgan fingerprint density at radius 3 is 2.71 bits per heavy atom. The Morgan fingerprint density at radius 1 is 1.24 bits per heavy atom. The lowest BCUT2D eigenvalue weighted by molar-refractivity contribution is -0.114. The van der Waals surface area contributed by atoms with Crippen LogP contribution in [0.4, 0.5) is 5.69 Å². The zero-order chi connectivity index (χ0) is 15.2. The van der Waals surface area contributed by atoms with Crippen molar-refractivity contribution in [3.8, 4) is 0 Å². The highest BCUT2D eigenvalue weighted by Gasteiger charge is 2.11. The second-order valence-corrected chi connectivity index (χ2v) is 5.38. The van der Waals surface area contributed by atoms with Crippen LogP contribution >= 0.6 is 0 Å². The summed E-state index contributed by atoms with van der Waals surface area (Å²) in [5.74, 6) is 0.924. The summed E-state index contributed by atoms with van der Waals surface area (Å²) < 4.78 is 5.37. The Bertz CT molecular complexity index is 578. The Balaban J connectivity index is 1.95. The lowest BCUT2D eigenvalue weighted by Crippen LogP contribution is -2.30. The van der Waals surface area contributed by atoms with Gasteiger partial charge in [0.05, 0.1) is 6.26 Å². The highest BCUT2D eigenvalue weighted by Crippen LogP contribution is 2.18. The molecule has 0 aliphatic carbocycles. The van der Waals surface area contributed by atoms with E-state index in [0.29, 0.717) is 6.04 Å². The van der Waals surface area contributed by atoms with Gasteiger partial charge in [-0.05, 0) is 43.7 Å². The average molecular weight is 286 g/mol. The monoisotopic (exact) mass is 286 g/mol. The highest BCUT2D eigenvalue weighted by atomic mass is 16.3. The lowest BCUT2D eigenvalue weighted by Gasteiger charge is -2.20. The third-order valence-corrected chi connectivity index (χ3v) is 3.33. The largest absolute Gasteiger partial charge is 0.469 e. The van der Waals surface area contributed by atoms with Crippen LogP contribution in [0.25, 0.3) is 0 Å². The van der Waals surface area contributed by atoms with Crippen molar-refractivity contribution in [3.63, 3.8) is 0 Å². The molecule has 0 spiro atoms. The van der Waals surface area contributed by atoms with Gasteiger partial charge >= 0.3 is 0 Å². The van der Waals surface area contributed by atoms with Crippen LogP contribution in [0.5, 0.6) is 0 Å². The number of furan rings is 1. The van der Waals surface area contributed by atoms with Crippen molar-refractivity contribution in [2.45, 2.75) is 39.3 Å². The van der Waals surface area contributed by atoms with Crippen molar-refractivity contribution < 1.29 is 9.21 Å². The van der Waals surface area contributed by atoms with Crippen LogP contribution in [0.2, 0.25) is 0 Å². The molecule has 0 saturated heterocycles. The number of nitrogens with one attached hydrogen (secondary N) is 2. The molecule has 0 radical (unpaired) electrons. The van der Waals surface area contributed by atoms with E-state index in [2.05, 4.69) is 30.5 Å². The number of carbonyl (C=O) groups excluding carboxylic acids is 1. The first-order chi connectivity index (χ1) is 10.0. The summed E-state index contributed by atoms with van der Waals surface area (Å²) in [4.78, 5) is 11.1. The number of rotatable bonds is 6. The van der Waals surface area contributed by atoms with Crippen LogP contribution in [-0.2, 0) is 11.2 Å². The van der Waals surface area contributed by atoms with Crippen LogP contribution in [0.15, 0.2) is 47.1 Å². The van der Waals surface area contributed by atoms with Crippen LogP contribution in [0.1, 0.15) is 38.1 Å². The van der Waals surface area contributed by atoms with Crippen LogP contribution in [0.3, 0.4) is 0 Å². The first-order valence-corrected chi connectivity index (χ1v) is 7.20. The number of hydrogen-bond donors (Lipinski definition) is 2. The van der Waals surface area contributed by atoms with Crippen molar-refractivity contribution in [1.82, 2.24) is 5.32 Å². The fraction of sp³-hybridized carbons (Fsp3) is 0.353. The zero-order valence-corrected chi connectivity index (χ0v) is 12.7. The number of benzene rings is 1. The van der Waals surface area contributed by atoms with E-state index in [1.165, 1.54) is 6.92 Å². The van der Waals surface area contributed by atoms with Crippen molar-refractivity contribution >= 4 is 11.6 Å². The van der Waals surface area contributed by atoms with Crippen LogP contribution in [0, 0.1) is 0 Å². The Labute approximate surface area is 125 Å². The van der Waals surface area contributed by atoms with Gasteiger partial charge in [-0.1, -0.05) is 12.1 Å². The molecule has 1 heterocycles. The van der Waals surface area contributed by atoms with E-state index >= 15 is 0 Å². The predicted molar refractivity (Wildman–Crippen MR) is 84.2 cm³/mol. The van der Waals surface area contributed by atoms with Gasteiger partial charge in [0.1, 0.15) is 5.76 Å². The van der Waals surface area contributed by atoms with Gasteiger partial charge in [-0.3, -0.25) is 4.79 Å². The van der Waals surface area contributed by atoms with Gasteiger partial charge < -0.3 is 15.1 Å². The van der Waals surface area contributed by atoms with Crippen molar-refractivity contribution in [3.05, 3.63) is 54.0 Å². The summed E-state index contributed by atoms with van der Waals surface area (Å²) >= 11 is 0. The fourth-order valence-corrected chi connectivity index (χ4v) is 2.40. The van der Waals surface area contributed by atoms with Gasteiger partial charge in [-0.2, -0.15) is 0 Å². The molecule has 4 heteroatoms. The molecule has 2 atom stereocenters. The molecule has 2 unspecified atom stereocenters. The number of hydrogen-bond acceptors (Lipinski definition) is 3. The maximum atomic E-state index is 11.1. The predicted octanol–water partition coefficient (Wildman–Crippen LogP) is 3.52. The SMILES string of the molecule is CC(=O)Nc1cccc(C(C)NC(C)Cc2ccco2)c1. The molecule has 0 fully saturated rings. The molecule has 112 valence electrons. The second-order valence-electron chi connectivity index (χ2n) is 5.38. The van der Waals surface area contributed by atoms with Gasteiger partial charge in [0.25, 0.3) is 0 Å². The van der Waals surface area contributed by atoms with Gasteiger partial charge in [-0.25, -0.2) is 0 Å². The zero-order valence-electron chi connectivity index (χ0n) is 12.7. The third kappa shape index (κ3) is 4.76. The van der Waals surface area contributed by atoms with Gasteiger partial charge in [0.15, 0.2) is 0 Å². The summed E-state index contributed by atoms with van der Waals surface area (Å²) in [6.07, 6.45) is 2.55. The Kier molecular flexibility index (Phi) is 5.17. The van der Waals surface area contributed by atoms with E-state index in [4.69, 9.17) is 4.42 Å². The lowest BCUT2D eigenvalue weighted by atomic mass is 10.1. The topological polar surface area (TPSA) is 54.3 Å². The summed E-state index contributed by atoms with van der Waals surface area (Å²) in [6.45, 7) is 5.77. The van der Waals surface area contributed by atoms with Gasteiger partial charge in [-0.15, -0.1) is 0 Å².